The molecule has 1 heterocycles. The molecule has 0 amide bonds. The molecule has 0 aliphatic heterocycles. The minimum atomic E-state index is 0. The first-order valence-corrected chi connectivity index (χ1v) is 8.93. The van der Waals surface area contributed by atoms with E-state index in [1.165, 1.54) is 4.88 Å². The number of halogens is 1. The second-order valence-electron chi connectivity index (χ2n) is 5.30. The predicted octanol–water partition coefficient (Wildman–Crippen LogP) is 3.43. The van der Waals surface area contributed by atoms with Gasteiger partial charge in [0, 0.05) is 31.6 Å². The number of aliphatic imine (C=N–C) groups is 1. The summed E-state index contributed by atoms with van der Waals surface area (Å²) in [6, 6.07) is 12.1. The Hall–Kier alpha value is -1.32. The summed E-state index contributed by atoms with van der Waals surface area (Å²) in [5, 5.41) is 5.22. The molecule has 0 spiro atoms. The Morgan fingerprint density at radius 2 is 2.12 bits per heavy atom. The zero-order valence-electron chi connectivity index (χ0n) is 14.4. The zero-order valence-corrected chi connectivity index (χ0v) is 17.6. The van der Waals surface area contributed by atoms with E-state index in [1.54, 1.807) is 18.4 Å². The molecule has 0 aliphatic carbocycles. The van der Waals surface area contributed by atoms with Crippen LogP contribution >= 0.6 is 35.3 Å². The molecule has 0 bridgehead atoms. The molecular weight excluding hydrogens is 449 g/mol. The summed E-state index contributed by atoms with van der Waals surface area (Å²) in [6.07, 6.45) is 1.83. The SMILES string of the molecule is COCCCOc1cccc(CN=C(N)NCCc2cccs2)c1.I. The Morgan fingerprint density at radius 1 is 1.24 bits per heavy atom. The van der Waals surface area contributed by atoms with Crippen molar-refractivity contribution in [2.24, 2.45) is 10.7 Å². The van der Waals surface area contributed by atoms with Gasteiger partial charge in [0.15, 0.2) is 5.96 Å². The quantitative estimate of drug-likeness (QED) is 0.239. The number of hydrogen-bond donors (Lipinski definition) is 2. The first-order chi connectivity index (χ1) is 11.8. The topological polar surface area (TPSA) is 68.9 Å². The molecule has 0 fully saturated rings. The average molecular weight is 475 g/mol. The van der Waals surface area contributed by atoms with Crippen molar-refractivity contribution in [1.29, 1.82) is 0 Å². The van der Waals surface area contributed by atoms with E-state index >= 15 is 0 Å². The van der Waals surface area contributed by atoms with Crippen LogP contribution in [0.4, 0.5) is 0 Å². The summed E-state index contributed by atoms with van der Waals surface area (Å²) in [5.74, 6) is 1.32. The molecule has 0 saturated heterocycles. The molecule has 0 unspecified atom stereocenters. The van der Waals surface area contributed by atoms with Gasteiger partial charge in [0.05, 0.1) is 13.2 Å². The van der Waals surface area contributed by atoms with E-state index in [1.807, 2.05) is 24.3 Å². The Kier molecular flexibility index (Phi) is 11.3. The van der Waals surface area contributed by atoms with E-state index in [0.29, 0.717) is 25.7 Å². The predicted molar refractivity (Wildman–Crippen MR) is 115 cm³/mol. The minimum Gasteiger partial charge on any atom is -0.493 e. The molecule has 0 radical (unpaired) electrons. The zero-order chi connectivity index (χ0) is 17.0. The van der Waals surface area contributed by atoms with Crippen molar-refractivity contribution in [1.82, 2.24) is 5.32 Å². The molecular formula is C18H26IN3O2S. The first-order valence-electron chi connectivity index (χ1n) is 8.05. The second kappa shape index (κ2) is 13.0. The molecule has 138 valence electrons. The molecule has 3 N–H and O–H groups in total. The maximum atomic E-state index is 5.91. The van der Waals surface area contributed by atoms with Crippen LogP contribution in [0.3, 0.4) is 0 Å². The lowest BCUT2D eigenvalue weighted by Gasteiger charge is -2.08. The smallest absolute Gasteiger partial charge is 0.188 e. The molecule has 25 heavy (non-hydrogen) atoms. The fourth-order valence-corrected chi connectivity index (χ4v) is 2.84. The van der Waals surface area contributed by atoms with E-state index in [9.17, 15) is 0 Å². The highest BCUT2D eigenvalue weighted by Crippen LogP contribution is 2.14. The molecule has 2 aromatic rings. The van der Waals surface area contributed by atoms with E-state index < -0.39 is 0 Å². The Labute approximate surface area is 170 Å². The fraction of sp³-hybridized carbons (Fsp3) is 0.389. The molecule has 5 nitrogen and oxygen atoms in total. The third kappa shape index (κ3) is 9.08. The Balaban J connectivity index is 0.00000312. The number of thiophene rings is 1. The van der Waals surface area contributed by atoms with Crippen molar-refractivity contribution in [3.8, 4) is 5.75 Å². The second-order valence-corrected chi connectivity index (χ2v) is 6.33. The van der Waals surface area contributed by atoms with Crippen LogP contribution < -0.4 is 15.8 Å². The number of nitrogens with two attached hydrogens (primary N) is 1. The van der Waals surface area contributed by atoms with E-state index in [-0.39, 0.29) is 24.0 Å². The van der Waals surface area contributed by atoms with Crippen LogP contribution in [0, 0.1) is 0 Å². The van der Waals surface area contributed by atoms with Crippen LogP contribution in [0.2, 0.25) is 0 Å². The van der Waals surface area contributed by atoms with Gasteiger partial charge in [0.25, 0.3) is 0 Å². The van der Waals surface area contributed by atoms with Gasteiger partial charge in [-0.15, -0.1) is 35.3 Å². The van der Waals surface area contributed by atoms with Gasteiger partial charge in [0.2, 0.25) is 0 Å². The van der Waals surface area contributed by atoms with Gasteiger partial charge in [-0.3, -0.25) is 0 Å². The van der Waals surface area contributed by atoms with E-state index in [4.69, 9.17) is 15.2 Å². The van der Waals surface area contributed by atoms with E-state index in [2.05, 4.69) is 27.8 Å². The number of nitrogens with zero attached hydrogens (tertiary/aromatic N) is 1. The van der Waals surface area contributed by atoms with Crippen LogP contribution in [0.25, 0.3) is 0 Å². The summed E-state index contributed by atoms with van der Waals surface area (Å²) < 4.78 is 10.7. The van der Waals surface area contributed by atoms with Crippen molar-refractivity contribution in [2.75, 3.05) is 26.9 Å². The Morgan fingerprint density at radius 3 is 2.88 bits per heavy atom. The summed E-state index contributed by atoms with van der Waals surface area (Å²) >= 11 is 1.75. The third-order valence-corrected chi connectivity index (χ3v) is 4.29. The van der Waals surface area contributed by atoms with Crippen LogP contribution in [0.1, 0.15) is 16.9 Å². The Bertz CT molecular complexity index is 621. The van der Waals surface area contributed by atoms with Crippen LogP contribution in [0.5, 0.6) is 5.75 Å². The van der Waals surface area contributed by atoms with E-state index in [0.717, 1.165) is 30.7 Å². The van der Waals surface area contributed by atoms with Crippen LogP contribution in [-0.4, -0.2) is 32.8 Å². The summed E-state index contributed by atoms with van der Waals surface area (Å²) in [4.78, 5) is 5.72. The third-order valence-electron chi connectivity index (χ3n) is 3.35. The lowest BCUT2D eigenvalue weighted by molar-refractivity contribution is 0.172. The summed E-state index contributed by atoms with van der Waals surface area (Å²) in [5.41, 5.74) is 6.98. The van der Waals surface area contributed by atoms with Gasteiger partial charge in [0.1, 0.15) is 5.75 Å². The standard InChI is InChI=1S/C18H25N3O2S.HI/c1-22-10-4-11-23-16-6-2-5-15(13-16)14-21-18(19)20-9-8-17-7-3-12-24-17;/h2-3,5-7,12-13H,4,8-11,14H2,1H3,(H3,19,20,21);1H. The molecule has 1 aromatic carbocycles. The van der Waals surface area contributed by atoms with Gasteiger partial charge >= 0.3 is 0 Å². The normalized spacial score (nSPS) is 11.0. The number of nitrogens with one attached hydrogen (secondary N) is 1. The largest absolute Gasteiger partial charge is 0.493 e. The lowest BCUT2D eigenvalue weighted by atomic mass is 10.2. The number of methoxy groups -OCH3 is 1. The number of benzene rings is 1. The molecule has 0 atom stereocenters. The molecule has 1 aromatic heterocycles. The van der Waals surface area contributed by atoms with Crippen LogP contribution in [0.15, 0.2) is 46.8 Å². The maximum absolute atomic E-state index is 5.91. The minimum absolute atomic E-state index is 0. The molecule has 0 aliphatic rings. The van der Waals surface area contributed by atoms with Crippen molar-refractivity contribution >= 4 is 41.3 Å². The highest BCUT2D eigenvalue weighted by Gasteiger charge is 1.99. The monoisotopic (exact) mass is 475 g/mol. The maximum Gasteiger partial charge on any atom is 0.188 e. The van der Waals surface area contributed by atoms with Gasteiger partial charge in [-0.1, -0.05) is 18.2 Å². The molecule has 2 rings (SSSR count). The van der Waals surface area contributed by atoms with Crippen molar-refractivity contribution in [3.05, 3.63) is 52.2 Å². The first kappa shape index (κ1) is 21.7. The van der Waals surface area contributed by atoms with Gasteiger partial charge in [-0.05, 0) is 35.6 Å². The van der Waals surface area contributed by atoms with Crippen molar-refractivity contribution in [3.63, 3.8) is 0 Å². The molecule has 7 heteroatoms. The van der Waals surface area contributed by atoms with Crippen molar-refractivity contribution in [2.45, 2.75) is 19.4 Å². The molecule has 0 saturated carbocycles. The number of rotatable bonds is 10. The lowest BCUT2D eigenvalue weighted by Crippen LogP contribution is -2.33. The average Bonchev–Trinajstić information content (AvgIpc) is 3.11. The fourth-order valence-electron chi connectivity index (χ4n) is 2.13. The van der Waals surface area contributed by atoms with Gasteiger partial charge in [-0.25, -0.2) is 4.99 Å². The number of ether oxygens (including phenoxy) is 2. The number of hydrogen-bond acceptors (Lipinski definition) is 4. The van der Waals surface area contributed by atoms with Gasteiger partial charge < -0.3 is 20.5 Å². The van der Waals surface area contributed by atoms with Crippen molar-refractivity contribution < 1.29 is 9.47 Å². The summed E-state index contributed by atoms with van der Waals surface area (Å²) in [6.45, 7) is 2.68. The summed E-state index contributed by atoms with van der Waals surface area (Å²) in [7, 11) is 1.69. The highest BCUT2D eigenvalue weighted by atomic mass is 127. The van der Waals surface area contributed by atoms with Gasteiger partial charge in [-0.2, -0.15) is 0 Å². The number of guanidine groups is 1. The van der Waals surface area contributed by atoms with Crippen LogP contribution in [-0.2, 0) is 17.7 Å². The highest BCUT2D eigenvalue weighted by molar-refractivity contribution is 14.0.